The molecule has 1 aromatic rings. The van der Waals surface area contributed by atoms with E-state index in [-0.39, 0.29) is 5.54 Å². The van der Waals surface area contributed by atoms with Gasteiger partial charge in [0, 0.05) is 23.5 Å². The van der Waals surface area contributed by atoms with Crippen molar-refractivity contribution in [2.45, 2.75) is 30.8 Å². The van der Waals surface area contributed by atoms with Crippen LogP contribution in [0.4, 0.5) is 0 Å². The number of hydrogen-bond acceptors (Lipinski definition) is 3. The number of thioether (sulfide) groups is 1. The fourth-order valence-corrected chi connectivity index (χ4v) is 1.57. The maximum Gasteiger partial charge on any atom is 0.0250 e. The average Bonchev–Trinajstić information content (AvgIpc) is 2.27. The van der Waals surface area contributed by atoms with Crippen molar-refractivity contribution in [3.8, 4) is 0 Å². The van der Waals surface area contributed by atoms with Crippen LogP contribution in [0.25, 0.3) is 0 Å². The Morgan fingerprint density at radius 3 is 2.33 bits per heavy atom. The highest BCUT2D eigenvalue weighted by molar-refractivity contribution is 7.98. The molecule has 1 aromatic carbocycles. The van der Waals surface area contributed by atoms with Crippen LogP contribution in [0.5, 0.6) is 0 Å². The predicted molar refractivity (Wildman–Crippen MR) is 68.2 cm³/mol. The van der Waals surface area contributed by atoms with E-state index in [0.717, 1.165) is 6.54 Å². The van der Waals surface area contributed by atoms with Gasteiger partial charge in [-0.25, -0.2) is 0 Å². The van der Waals surface area contributed by atoms with E-state index in [0.29, 0.717) is 6.54 Å². The molecule has 1 rings (SSSR count). The first-order chi connectivity index (χ1) is 7.07. The minimum absolute atomic E-state index is 0.0121. The Labute approximate surface area is 96.6 Å². The van der Waals surface area contributed by atoms with E-state index in [1.165, 1.54) is 10.5 Å². The summed E-state index contributed by atoms with van der Waals surface area (Å²) in [5.74, 6) is 0. The van der Waals surface area contributed by atoms with Crippen LogP contribution in [0.3, 0.4) is 0 Å². The summed E-state index contributed by atoms with van der Waals surface area (Å²) in [5.41, 5.74) is 6.96. The third-order valence-corrected chi connectivity index (χ3v) is 3.18. The zero-order chi connectivity index (χ0) is 11.3. The summed E-state index contributed by atoms with van der Waals surface area (Å²) in [4.78, 5) is 1.30. The van der Waals surface area contributed by atoms with Crippen molar-refractivity contribution < 1.29 is 0 Å². The van der Waals surface area contributed by atoms with Gasteiger partial charge in [-0.1, -0.05) is 12.1 Å². The lowest BCUT2D eigenvalue weighted by molar-refractivity contribution is 0.396. The van der Waals surface area contributed by atoms with Crippen molar-refractivity contribution >= 4 is 11.8 Å². The Morgan fingerprint density at radius 1 is 1.27 bits per heavy atom. The Kier molecular flexibility index (Phi) is 4.64. The maximum atomic E-state index is 5.65. The van der Waals surface area contributed by atoms with Crippen molar-refractivity contribution in [2.75, 3.05) is 12.8 Å². The van der Waals surface area contributed by atoms with Gasteiger partial charge in [-0.05, 0) is 37.8 Å². The third-order valence-electron chi connectivity index (χ3n) is 2.44. The molecule has 0 amide bonds. The summed E-state index contributed by atoms with van der Waals surface area (Å²) < 4.78 is 0. The van der Waals surface area contributed by atoms with E-state index in [9.17, 15) is 0 Å². The molecule has 0 aliphatic carbocycles. The molecule has 0 aliphatic rings. The molecule has 84 valence electrons. The van der Waals surface area contributed by atoms with Gasteiger partial charge in [-0.15, -0.1) is 11.8 Å². The topological polar surface area (TPSA) is 38.0 Å². The third kappa shape index (κ3) is 4.24. The summed E-state index contributed by atoms with van der Waals surface area (Å²) in [7, 11) is 0. The predicted octanol–water partition coefficient (Wildman–Crippen LogP) is 2.24. The molecule has 0 fully saturated rings. The maximum absolute atomic E-state index is 5.65. The van der Waals surface area contributed by atoms with Gasteiger partial charge in [-0.3, -0.25) is 0 Å². The lowest BCUT2D eigenvalue weighted by atomic mass is 10.1. The normalized spacial score (nSPS) is 11.7. The molecule has 3 N–H and O–H groups in total. The molecule has 0 atom stereocenters. The highest BCUT2D eigenvalue weighted by atomic mass is 32.2. The Hall–Kier alpha value is -0.510. The van der Waals surface area contributed by atoms with Crippen molar-refractivity contribution in [2.24, 2.45) is 5.73 Å². The summed E-state index contributed by atoms with van der Waals surface area (Å²) in [5, 5.41) is 3.43. The van der Waals surface area contributed by atoms with Crippen LogP contribution in [0.15, 0.2) is 29.2 Å². The quantitative estimate of drug-likeness (QED) is 0.753. The second-order valence-corrected chi connectivity index (χ2v) is 5.17. The zero-order valence-electron chi connectivity index (χ0n) is 9.71. The van der Waals surface area contributed by atoms with Gasteiger partial charge in [0.1, 0.15) is 0 Å². The van der Waals surface area contributed by atoms with Crippen LogP contribution in [0.2, 0.25) is 0 Å². The lowest BCUT2D eigenvalue weighted by Crippen LogP contribution is -2.45. The van der Waals surface area contributed by atoms with Gasteiger partial charge < -0.3 is 11.1 Å². The number of benzene rings is 1. The van der Waals surface area contributed by atoms with Crippen molar-refractivity contribution in [1.29, 1.82) is 0 Å². The minimum Gasteiger partial charge on any atom is -0.329 e. The molecule has 0 radical (unpaired) electrons. The van der Waals surface area contributed by atoms with Gasteiger partial charge in [0.2, 0.25) is 0 Å². The molecular weight excluding hydrogens is 204 g/mol. The monoisotopic (exact) mass is 224 g/mol. The highest BCUT2D eigenvalue weighted by Gasteiger charge is 2.13. The van der Waals surface area contributed by atoms with Gasteiger partial charge in [0.15, 0.2) is 0 Å². The molecule has 0 saturated heterocycles. The van der Waals surface area contributed by atoms with E-state index >= 15 is 0 Å². The Morgan fingerprint density at radius 2 is 1.87 bits per heavy atom. The van der Waals surface area contributed by atoms with Crippen molar-refractivity contribution in [3.63, 3.8) is 0 Å². The van der Waals surface area contributed by atoms with Crippen molar-refractivity contribution in [1.82, 2.24) is 5.32 Å². The van der Waals surface area contributed by atoms with Crippen LogP contribution < -0.4 is 11.1 Å². The number of nitrogens with two attached hydrogens (primary N) is 1. The van der Waals surface area contributed by atoms with E-state index in [2.05, 4.69) is 49.7 Å². The van der Waals surface area contributed by atoms with Gasteiger partial charge in [-0.2, -0.15) is 0 Å². The summed E-state index contributed by atoms with van der Waals surface area (Å²) in [6, 6.07) is 8.62. The van der Waals surface area contributed by atoms with Crippen LogP contribution in [0.1, 0.15) is 19.4 Å². The van der Waals surface area contributed by atoms with Gasteiger partial charge in [0.25, 0.3) is 0 Å². The largest absolute Gasteiger partial charge is 0.329 e. The lowest BCUT2D eigenvalue weighted by Gasteiger charge is -2.24. The smallest absolute Gasteiger partial charge is 0.0250 e. The zero-order valence-corrected chi connectivity index (χ0v) is 10.5. The summed E-state index contributed by atoms with van der Waals surface area (Å²) in [6.07, 6.45) is 2.09. The van der Waals surface area contributed by atoms with Gasteiger partial charge in [0.05, 0.1) is 0 Å². The number of nitrogens with one attached hydrogen (secondary N) is 1. The molecule has 2 nitrogen and oxygen atoms in total. The SMILES string of the molecule is CSc1ccc(CNC(C)(C)CN)cc1. The number of rotatable bonds is 5. The minimum atomic E-state index is 0.0121. The molecule has 3 heteroatoms. The molecular formula is C12H20N2S. The molecule has 15 heavy (non-hydrogen) atoms. The van der Waals surface area contributed by atoms with E-state index in [1.807, 2.05) is 0 Å². The van der Waals surface area contributed by atoms with E-state index in [1.54, 1.807) is 11.8 Å². The Balaban J connectivity index is 2.51. The van der Waals surface area contributed by atoms with E-state index < -0.39 is 0 Å². The molecule has 0 spiro atoms. The van der Waals surface area contributed by atoms with Crippen molar-refractivity contribution in [3.05, 3.63) is 29.8 Å². The van der Waals surface area contributed by atoms with Crippen LogP contribution in [-0.4, -0.2) is 18.3 Å². The highest BCUT2D eigenvalue weighted by Crippen LogP contribution is 2.15. The Bertz CT molecular complexity index is 293. The first-order valence-corrected chi connectivity index (χ1v) is 6.38. The van der Waals surface area contributed by atoms with Crippen LogP contribution in [-0.2, 0) is 6.54 Å². The fourth-order valence-electron chi connectivity index (χ4n) is 1.16. The summed E-state index contributed by atoms with van der Waals surface area (Å²) in [6.45, 7) is 5.75. The average molecular weight is 224 g/mol. The first kappa shape index (κ1) is 12.6. The molecule has 0 saturated carbocycles. The molecule has 0 aromatic heterocycles. The number of hydrogen-bond donors (Lipinski definition) is 2. The van der Waals surface area contributed by atoms with Crippen LogP contribution in [0, 0.1) is 0 Å². The molecule has 0 aliphatic heterocycles. The standard InChI is InChI=1S/C12H20N2S/c1-12(2,9-13)14-8-10-4-6-11(15-3)7-5-10/h4-7,14H,8-9,13H2,1-3H3. The van der Waals surface area contributed by atoms with E-state index in [4.69, 9.17) is 5.73 Å². The first-order valence-electron chi connectivity index (χ1n) is 5.15. The molecule has 0 heterocycles. The van der Waals surface area contributed by atoms with Gasteiger partial charge >= 0.3 is 0 Å². The molecule has 0 unspecified atom stereocenters. The second kappa shape index (κ2) is 5.54. The second-order valence-electron chi connectivity index (χ2n) is 4.29. The fraction of sp³-hybridized carbons (Fsp3) is 0.500. The molecule has 0 bridgehead atoms. The van der Waals surface area contributed by atoms with Crippen LogP contribution >= 0.6 is 11.8 Å². The summed E-state index contributed by atoms with van der Waals surface area (Å²) >= 11 is 1.77.